The Labute approximate surface area is 226 Å². The molecule has 5 nitrogen and oxygen atoms in total. The first-order valence-electron chi connectivity index (χ1n) is 13.8. The Bertz CT molecular complexity index is 1080. The molecule has 3 unspecified atom stereocenters. The molecular weight excluding hydrogens is 478 g/mol. The normalized spacial score (nSPS) is 22.8. The Hall–Kier alpha value is -2.57. The molecule has 4 rings (SSSR count). The fourth-order valence-electron chi connectivity index (χ4n) is 5.52. The minimum atomic E-state index is -0.0391. The number of hydrogen-bond donors (Lipinski definition) is 1. The summed E-state index contributed by atoms with van der Waals surface area (Å²) >= 11 is 1.71. The maximum Gasteiger partial charge on any atom is 0.260 e. The van der Waals surface area contributed by atoms with Gasteiger partial charge in [0.05, 0.1) is 4.91 Å². The van der Waals surface area contributed by atoms with Gasteiger partial charge in [-0.2, -0.15) is 0 Å². The molecule has 2 fully saturated rings. The SMILES string of the molecule is CCN(CC)CCCNC(=O)C1CCC2S/C(=C\c3ccccc3)C(=O)N(Cc3cccc(C)c3)C2C1. The molecule has 2 amide bonds. The van der Waals surface area contributed by atoms with Crippen molar-refractivity contribution in [2.24, 2.45) is 5.92 Å². The molecule has 1 aliphatic heterocycles. The Morgan fingerprint density at radius 1 is 1.11 bits per heavy atom. The zero-order chi connectivity index (χ0) is 26.2. The molecule has 1 saturated heterocycles. The Morgan fingerprint density at radius 2 is 1.89 bits per heavy atom. The van der Waals surface area contributed by atoms with E-state index in [0.29, 0.717) is 18.3 Å². The summed E-state index contributed by atoms with van der Waals surface area (Å²) in [5, 5.41) is 3.50. The molecular formula is C31H41N3O2S. The molecule has 2 aromatic rings. The molecule has 1 N–H and O–H groups in total. The Kier molecular flexibility index (Phi) is 9.87. The lowest BCUT2D eigenvalue weighted by Crippen LogP contribution is -2.53. The van der Waals surface area contributed by atoms with Crippen molar-refractivity contribution in [1.29, 1.82) is 0 Å². The van der Waals surface area contributed by atoms with Crippen LogP contribution in [0.1, 0.15) is 56.2 Å². The topological polar surface area (TPSA) is 52.7 Å². The molecule has 0 radical (unpaired) electrons. The van der Waals surface area contributed by atoms with E-state index in [1.54, 1.807) is 11.8 Å². The fraction of sp³-hybridized carbons (Fsp3) is 0.484. The van der Waals surface area contributed by atoms with Gasteiger partial charge < -0.3 is 15.1 Å². The van der Waals surface area contributed by atoms with Crippen LogP contribution in [0.3, 0.4) is 0 Å². The molecule has 1 aliphatic carbocycles. The van der Waals surface area contributed by atoms with Crippen molar-refractivity contribution < 1.29 is 9.59 Å². The molecule has 0 bridgehead atoms. The molecule has 198 valence electrons. The molecule has 37 heavy (non-hydrogen) atoms. The molecule has 6 heteroatoms. The van der Waals surface area contributed by atoms with Gasteiger partial charge in [-0.15, -0.1) is 11.8 Å². The second-order valence-corrected chi connectivity index (χ2v) is 11.5. The predicted molar refractivity (Wildman–Crippen MR) is 154 cm³/mol. The van der Waals surface area contributed by atoms with Gasteiger partial charge in [0.25, 0.3) is 5.91 Å². The van der Waals surface area contributed by atoms with Gasteiger partial charge in [-0.3, -0.25) is 9.59 Å². The number of aryl methyl sites for hydroxylation is 1. The highest BCUT2D eigenvalue weighted by atomic mass is 32.2. The van der Waals surface area contributed by atoms with Crippen molar-refractivity contribution in [3.05, 3.63) is 76.2 Å². The number of rotatable bonds is 10. The molecule has 1 saturated carbocycles. The Morgan fingerprint density at radius 3 is 2.62 bits per heavy atom. The van der Waals surface area contributed by atoms with Gasteiger partial charge in [-0.25, -0.2) is 0 Å². The van der Waals surface area contributed by atoms with E-state index in [1.165, 1.54) is 5.56 Å². The highest BCUT2D eigenvalue weighted by Crippen LogP contribution is 2.44. The molecule has 2 aliphatic rings. The summed E-state index contributed by atoms with van der Waals surface area (Å²) < 4.78 is 0. The van der Waals surface area contributed by atoms with Crippen molar-refractivity contribution in [1.82, 2.24) is 15.1 Å². The summed E-state index contributed by atoms with van der Waals surface area (Å²) in [6.45, 7) is 10.8. The van der Waals surface area contributed by atoms with Crippen LogP contribution in [0.4, 0.5) is 0 Å². The highest BCUT2D eigenvalue weighted by molar-refractivity contribution is 8.04. The minimum Gasteiger partial charge on any atom is -0.356 e. The van der Waals surface area contributed by atoms with Gasteiger partial charge >= 0.3 is 0 Å². The number of nitrogens with one attached hydrogen (secondary N) is 1. The summed E-state index contributed by atoms with van der Waals surface area (Å²) in [7, 11) is 0. The van der Waals surface area contributed by atoms with E-state index in [4.69, 9.17) is 0 Å². The first kappa shape index (κ1) is 27.5. The van der Waals surface area contributed by atoms with Crippen LogP contribution in [-0.4, -0.2) is 59.1 Å². The standard InChI is InChI=1S/C31H41N3O2S/c1-4-33(5-2)18-10-17-32-30(35)26-15-16-28-27(21-26)34(22-25-14-9-11-23(3)19-25)31(36)29(37-28)20-24-12-7-6-8-13-24/h6-9,11-14,19-20,26-28H,4-5,10,15-18,21-22H2,1-3H3,(H,32,35)/b29-20-. The second-order valence-electron chi connectivity index (χ2n) is 10.2. The third-order valence-corrected chi connectivity index (χ3v) is 9.05. The van der Waals surface area contributed by atoms with E-state index in [0.717, 1.165) is 61.3 Å². The smallest absolute Gasteiger partial charge is 0.260 e. The van der Waals surface area contributed by atoms with Crippen LogP contribution in [0.5, 0.6) is 0 Å². The number of carbonyl (C=O) groups is 2. The second kappa shape index (κ2) is 13.3. The molecule has 0 spiro atoms. The van der Waals surface area contributed by atoms with Crippen molar-refractivity contribution >= 4 is 29.7 Å². The third kappa shape index (κ3) is 7.26. The third-order valence-electron chi connectivity index (χ3n) is 7.65. The van der Waals surface area contributed by atoms with Gasteiger partial charge in [0.15, 0.2) is 0 Å². The number of thioether (sulfide) groups is 1. The van der Waals surface area contributed by atoms with E-state index in [9.17, 15) is 9.59 Å². The summed E-state index contributed by atoms with van der Waals surface area (Å²) in [6, 6.07) is 18.5. The van der Waals surface area contributed by atoms with Crippen molar-refractivity contribution in [2.75, 3.05) is 26.2 Å². The number of benzene rings is 2. The van der Waals surface area contributed by atoms with E-state index >= 15 is 0 Å². The molecule has 1 heterocycles. The van der Waals surface area contributed by atoms with E-state index < -0.39 is 0 Å². The van der Waals surface area contributed by atoms with Gasteiger partial charge in [0, 0.05) is 30.3 Å². The average Bonchev–Trinajstić information content (AvgIpc) is 2.91. The van der Waals surface area contributed by atoms with Crippen LogP contribution < -0.4 is 5.32 Å². The predicted octanol–water partition coefficient (Wildman–Crippen LogP) is 5.50. The number of hydrogen-bond acceptors (Lipinski definition) is 4. The molecule has 3 atom stereocenters. The molecule has 0 aromatic heterocycles. The number of amides is 2. The maximum atomic E-state index is 13.8. The van der Waals surface area contributed by atoms with E-state index in [-0.39, 0.29) is 23.8 Å². The molecule has 2 aromatic carbocycles. The fourth-order valence-corrected chi connectivity index (χ4v) is 6.94. The zero-order valence-electron chi connectivity index (χ0n) is 22.5. The van der Waals surface area contributed by atoms with Gasteiger partial charge in [0.1, 0.15) is 0 Å². The number of fused-ring (bicyclic) bond motifs is 1. The van der Waals surface area contributed by atoms with Crippen molar-refractivity contribution in [2.45, 2.75) is 64.3 Å². The summed E-state index contributed by atoms with van der Waals surface area (Å²) in [5.74, 6) is 0.191. The lowest BCUT2D eigenvalue weighted by atomic mass is 9.83. The average molecular weight is 520 g/mol. The lowest BCUT2D eigenvalue weighted by Gasteiger charge is -2.46. The minimum absolute atomic E-state index is 0.0391. The van der Waals surface area contributed by atoms with Crippen molar-refractivity contribution in [3.8, 4) is 0 Å². The van der Waals surface area contributed by atoms with Crippen LogP contribution in [0.15, 0.2) is 59.5 Å². The van der Waals surface area contributed by atoms with Crippen molar-refractivity contribution in [3.63, 3.8) is 0 Å². The number of carbonyl (C=O) groups excluding carboxylic acids is 2. The van der Waals surface area contributed by atoms with Crippen LogP contribution in [0.2, 0.25) is 0 Å². The largest absolute Gasteiger partial charge is 0.356 e. The van der Waals surface area contributed by atoms with Gasteiger partial charge in [-0.05, 0) is 69.4 Å². The van der Waals surface area contributed by atoms with Crippen LogP contribution in [0.25, 0.3) is 6.08 Å². The Balaban J connectivity index is 1.47. The van der Waals surface area contributed by atoms with Crippen LogP contribution in [-0.2, 0) is 16.1 Å². The number of nitrogens with zero attached hydrogens (tertiary/aromatic N) is 2. The summed E-state index contributed by atoms with van der Waals surface area (Å²) in [6.07, 6.45) is 5.54. The van der Waals surface area contributed by atoms with E-state index in [1.807, 2.05) is 41.3 Å². The van der Waals surface area contributed by atoms with Crippen LogP contribution in [0, 0.1) is 12.8 Å². The van der Waals surface area contributed by atoms with E-state index in [2.05, 4.69) is 55.3 Å². The zero-order valence-corrected chi connectivity index (χ0v) is 23.3. The summed E-state index contributed by atoms with van der Waals surface area (Å²) in [5.41, 5.74) is 3.38. The first-order chi connectivity index (χ1) is 18.0. The lowest BCUT2D eigenvalue weighted by molar-refractivity contribution is -0.133. The van der Waals surface area contributed by atoms with Gasteiger partial charge in [0.2, 0.25) is 5.91 Å². The quantitative estimate of drug-likeness (QED) is 0.333. The highest BCUT2D eigenvalue weighted by Gasteiger charge is 2.44. The monoisotopic (exact) mass is 519 g/mol. The van der Waals surface area contributed by atoms with Crippen LogP contribution >= 0.6 is 11.8 Å². The van der Waals surface area contributed by atoms with Gasteiger partial charge in [-0.1, -0.05) is 74.0 Å². The maximum absolute atomic E-state index is 13.8. The summed E-state index contributed by atoms with van der Waals surface area (Å²) in [4.78, 5) is 32.2. The first-order valence-corrected chi connectivity index (χ1v) is 14.7.